The molecule has 8 nitrogen and oxygen atoms in total. The molecule has 8 heteroatoms. The van der Waals surface area contributed by atoms with Gasteiger partial charge in [-0.1, -0.05) is 33.1 Å². The van der Waals surface area contributed by atoms with Gasteiger partial charge in [-0.15, -0.1) is 0 Å². The number of furan rings is 1. The van der Waals surface area contributed by atoms with E-state index in [2.05, 4.69) is 6.92 Å². The van der Waals surface area contributed by atoms with E-state index in [-0.39, 0.29) is 46.2 Å². The average Bonchev–Trinajstić information content (AvgIpc) is 3.12. The lowest BCUT2D eigenvalue weighted by Crippen LogP contribution is -2.07. The first-order chi connectivity index (χ1) is 15.8. The molecule has 33 heavy (non-hydrogen) atoms. The van der Waals surface area contributed by atoms with Crippen LogP contribution in [-0.2, 0) is 11.2 Å². The number of benzene rings is 2. The van der Waals surface area contributed by atoms with E-state index in [9.17, 15) is 19.8 Å². The molecule has 6 N–H and O–H groups in total. The lowest BCUT2D eigenvalue weighted by Gasteiger charge is -2.08. The highest BCUT2D eigenvalue weighted by atomic mass is 16.5. The molecule has 0 saturated heterocycles. The Bertz CT molecular complexity index is 1160. The highest BCUT2D eigenvalue weighted by Gasteiger charge is 2.25. The molecular formula is C25H30N2O6. The van der Waals surface area contributed by atoms with Crippen molar-refractivity contribution in [2.45, 2.75) is 58.8 Å². The molecule has 3 aromatic rings. The van der Waals surface area contributed by atoms with Crippen molar-refractivity contribution in [3.63, 3.8) is 0 Å². The fourth-order valence-electron chi connectivity index (χ4n) is 3.66. The van der Waals surface area contributed by atoms with Crippen molar-refractivity contribution in [1.82, 2.24) is 0 Å². The van der Waals surface area contributed by atoms with Crippen LogP contribution in [0.15, 0.2) is 28.7 Å². The van der Waals surface area contributed by atoms with Crippen LogP contribution in [-0.4, -0.2) is 22.0 Å². The van der Waals surface area contributed by atoms with Crippen LogP contribution in [0.4, 0.5) is 11.4 Å². The van der Waals surface area contributed by atoms with E-state index in [1.807, 2.05) is 6.92 Å². The standard InChI is InChI=1S/C25H30N2O6/c1-3-5-7-8-19-23(24(30)14-10-16(26)25(31)17(27)11-14)15-12-18(28)21(13-20(15)32-19)33-22(29)9-6-4-2/h10-13,28,31H,3-9,26-27H2,1-2H3. The number of carbonyl (C=O) groups excluding carboxylic acids is 2. The smallest absolute Gasteiger partial charge is 0.311 e. The number of hydrogen-bond donors (Lipinski definition) is 4. The zero-order chi connectivity index (χ0) is 24.1. The number of carbonyl (C=O) groups is 2. The van der Waals surface area contributed by atoms with Crippen molar-refractivity contribution < 1.29 is 29.0 Å². The SMILES string of the molecule is CCCCCc1oc2cc(OC(=O)CCCC)c(O)cc2c1C(=O)c1cc(N)c(O)c(N)c1. The van der Waals surface area contributed by atoms with Crippen molar-refractivity contribution in [3.8, 4) is 17.2 Å². The van der Waals surface area contributed by atoms with Crippen LogP contribution in [0.2, 0.25) is 0 Å². The molecule has 0 atom stereocenters. The Kier molecular flexibility index (Phi) is 7.48. The number of fused-ring (bicyclic) bond motifs is 1. The Balaban J connectivity index is 2.07. The van der Waals surface area contributed by atoms with Crippen LogP contribution in [0.1, 0.15) is 74.1 Å². The predicted octanol–water partition coefficient (Wildman–Crippen LogP) is 5.07. The molecule has 0 radical (unpaired) electrons. The molecule has 0 amide bonds. The van der Waals surface area contributed by atoms with E-state index < -0.39 is 11.8 Å². The van der Waals surface area contributed by atoms with Crippen LogP contribution >= 0.6 is 0 Å². The largest absolute Gasteiger partial charge is 0.504 e. The number of hydrogen-bond acceptors (Lipinski definition) is 8. The summed E-state index contributed by atoms with van der Waals surface area (Å²) >= 11 is 0. The van der Waals surface area contributed by atoms with Crippen LogP contribution in [0.25, 0.3) is 11.0 Å². The molecule has 0 aliphatic carbocycles. The summed E-state index contributed by atoms with van der Waals surface area (Å²) in [7, 11) is 0. The van der Waals surface area contributed by atoms with Crippen molar-refractivity contribution in [1.29, 1.82) is 0 Å². The molecule has 0 saturated carbocycles. The monoisotopic (exact) mass is 454 g/mol. The maximum absolute atomic E-state index is 13.5. The quantitative estimate of drug-likeness (QED) is 0.0828. The summed E-state index contributed by atoms with van der Waals surface area (Å²) in [6.45, 7) is 4.04. The maximum atomic E-state index is 13.5. The summed E-state index contributed by atoms with van der Waals surface area (Å²) in [4.78, 5) is 25.5. The van der Waals surface area contributed by atoms with Gasteiger partial charge in [0.1, 0.15) is 11.3 Å². The molecule has 1 heterocycles. The lowest BCUT2D eigenvalue weighted by molar-refractivity contribution is -0.134. The van der Waals surface area contributed by atoms with Crippen molar-refractivity contribution >= 4 is 34.1 Å². The Morgan fingerprint density at radius 2 is 1.64 bits per heavy atom. The third kappa shape index (κ3) is 5.22. The van der Waals surface area contributed by atoms with Gasteiger partial charge in [0.05, 0.1) is 16.9 Å². The maximum Gasteiger partial charge on any atom is 0.311 e. The van der Waals surface area contributed by atoms with Gasteiger partial charge in [0, 0.05) is 29.9 Å². The molecule has 0 unspecified atom stereocenters. The van der Waals surface area contributed by atoms with Gasteiger partial charge in [-0.2, -0.15) is 0 Å². The van der Waals surface area contributed by atoms with Gasteiger partial charge in [0.15, 0.2) is 23.0 Å². The van der Waals surface area contributed by atoms with E-state index in [0.29, 0.717) is 29.6 Å². The number of nitrogen functional groups attached to an aromatic ring is 2. The number of phenols is 2. The number of nitrogens with two attached hydrogens (primary N) is 2. The third-order valence-electron chi connectivity index (χ3n) is 5.47. The molecule has 0 aliphatic rings. The molecule has 0 fully saturated rings. The predicted molar refractivity (Wildman–Crippen MR) is 127 cm³/mol. The highest BCUT2D eigenvalue weighted by Crippen LogP contribution is 2.38. The first-order valence-corrected chi connectivity index (χ1v) is 11.2. The van der Waals surface area contributed by atoms with Crippen molar-refractivity contribution in [3.05, 3.63) is 41.2 Å². The van der Waals surface area contributed by atoms with Gasteiger partial charge >= 0.3 is 5.97 Å². The summed E-state index contributed by atoms with van der Waals surface area (Å²) in [5.41, 5.74) is 12.4. The zero-order valence-corrected chi connectivity index (χ0v) is 18.9. The number of aromatic hydroxyl groups is 2. The van der Waals surface area contributed by atoms with Gasteiger partial charge in [0.2, 0.25) is 0 Å². The Hall–Kier alpha value is -3.68. The van der Waals surface area contributed by atoms with Gasteiger partial charge < -0.3 is 30.8 Å². The van der Waals surface area contributed by atoms with E-state index >= 15 is 0 Å². The van der Waals surface area contributed by atoms with Gasteiger partial charge in [-0.3, -0.25) is 9.59 Å². The molecule has 0 aliphatic heterocycles. The van der Waals surface area contributed by atoms with E-state index in [1.165, 1.54) is 24.3 Å². The van der Waals surface area contributed by atoms with E-state index in [4.69, 9.17) is 20.6 Å². The number of aryl methyl sites for hydroxylation is 1. The van der Waals surface area contributed by atoms with Gasteiger partial charge in [-0.25, -0.2) is 0 Å². The second-order valence-corrected chi connectivity index (χ2v) is 8.08. The fourth-order valence-corrected chi connectivity index (χ4v) is 3.66. The lowest BCUT2D eigenvalue weighted by atomic mass is 9.97. The van der Waals surface area contributed by atoms with Gasteiger partial charge in [-0.05, 0) is 31.0 Å². The topological polar surface area (TPSA) is 149 Å². The minimum Gasteiger partial charge on any atom is -0.504 e. The van der Waals surface area contributed by atoms with Crippen LogP contribution < -0.4 is 16.2 Å². The summed E-state index contributed by atoms with van der Waals surface area (Å²) < 4.78 is 11.3. The fraction of sp³-hybridized carbons (Fsp3) is 0.360. The summed E-state index contributed by atoms with van der Waals surface area (Å²) in [5.74, 6) is -0.957. The van der Waals surface area contributed by atoms with E-state index in [1.54, 1.807) is 0 Å². The molecule has 0 spiro atoms. The zero-order valence-electron chi connectivity index (χ0n) is 18.9. The third-order valence-corrected chi connectivity index (χ3v) is 5.47. The van der Waals surface area contributed by atoms with Gasteiger partial charge in [0.25, 0.3) is 0 Å². The number of ether oxygens (including phenoxy) is 1. The Morgan fingerprint density at radius 1 is 0.970 bits per heavy atom. The minimum absolute atomic E-state index is 0.0113. The average molecular weight is 455 g/mol. The van der Waals surface area contributed by atoms with Crippen LogP contribution in [0.3, 0.4) is 0 Å². The number of esters is 1. The molecule has 2 aromatic carbocycles. The number of unbranched alkanes of at least 4 members (excludes halogenated alkanes) is 3. The van der Waals surface area contributed by atoms with Crippen LogP contribution in [0, 0.1) is 0 Å². The first-order valence-electron chi connectivity index (χ1n) is 11.2. The summed E-state index contributed by atoms with van der Waals surface area (Å²) in [6.07, 6.45) is 5.03. The Morgan fingerprint density at radius 3 is 2.27 bits per heavy atom. The van der Waals surface area contributed by atoms with Crippen LogP contribution in [0.5, 0.6) is 17.2 Å². The number of ketones is 1. The Labute approximate surface area is 192 Å². The molecular weight excluding hydrogens is 424 g/mol. The van der Waals surface area contributed by atoms with Crippen molar-refractivity contribution in [2.24, 2.45) is 0 Å². The number of phenolic OH excluding ortho intramolecular Hbond substituents is 2. The minimum atomic E-state index is -0.451. The molecule has 0 bridgehead atoms. The van der Waals surface area contributed by atoms with E-state index in [0.717, 1.165) is 25.7 Å². The highest BCUT2D eigenvalue weighted by molar-refractivity contribution is 6.18. The number of rotatable bonds is 10. The summed E-state index contributed by atoms with van der Waals surface area (Å²) in [5, 5.41) is 20.7. The second-order valence-electron chi connectivity index (χ2n) is 8.08. The first kappa shape index (κ1) is 24.0. The molecule has 3 rings (SSSR count). The molecule has 1 aromatic heterocycles. The number of anilines is 2. The molecule has 176 valence electrons. The van der Waals surface area contributed by atoms with Crippen molar-refractivity contribution in [2.75, 3.05) is 11.5 Å². The second kappa shape index (κ2) is 10.3. The normalized spacial score (nSPS) is 11.1. The summed E-state index contributed by atoms with van der Waals surface area (Å²) in [6, 6.07) is 5.50.